The van der Waals surface area contributed by atoms with Crippen molar-refractivity contribution in [3.63, 3.8) is 0 Å². The van der Waals surface area contributed by atoms with Crippen LogP contribution in [0.4, 0.5) is 8.78 Å². The molecule has 0 saturated carbocycles. The van der Waals surface area contributed by atoms with Crippen molar-refractivity contribution in [3.8, 4) is 22.5 Å². The fourth-order valence-corrected chi connectivity index (χ4v) is 2.66. The number of H-pyrrole nitrogens is 1. The molecule has 1 aromatic heterocycles. The second-order valence-electron chi connectivity index (χ2n) is 5.80. The molecule has 0 aliphatic carbocycles. The molecular weight excluding hydrogens is 308 g/mol. The zero-order valence-electron chi connectivity index (χ0n) is 13.3. The number of rotatable bonds is 5. The van der Waals surface area contributed by atoms with Crippen molar-refractivity contribution < 1.29 is 13.6 Å². The number of carbonyl (C=O) groups is 1. The normalized spacial score (nSPS) is 10.8. The molecule has 3 rings (SSSR count). The lowest BCUT2D eigenvalue weighted by Crippen LogP contribution is -1.94. The summed E-state index contributed by atoms with van der Waals surface area (Å²) in [6.07, 6.45) is 1.04. The van der Waals surface area contributed by atoms with E-state index in [0.717, 1.165) is 28.1 Å². The van der Waals surface area contributed by atoms with Crippen molar-refractivity contribution >= 4 is 5.78 Å². The van der Waals surface area contributed by atoms with Gasteiger partial charge in [-0.25, -0.2) is 8.78 Å². The van der Waals surface area contributed by atoms with Crippen molar-refractivity contribution in [1.82, 2.24) is 4.98 Å². The summed E-state index contributed by atoms with van der Waals surface area (Å²) >= 11 is 0. The predicted molar refractivity (Wildman–Crippen MR) is 90.6 cm³/mol. The highest BCUT2D eigenvalue weighted by molar-refractivity contribution is 5.77. The van der Waals surface area contributed by atoms with Crippen LogP contribution in [0.5, 0.6) is 0 Å². The van der Waals surface area contributed by atoms with Gasteiger partial charge in [0.1, 0.15) is 17.4 Å². The summed E-state index contributed by atoms with van der Waals surface area (Å²) in [7, 11) is 0. The third-order valence-corrected chi connectivity index (χ3v) is 3.93. The highest BCUT2D eigenvalue weighted by Gasteiger charge is 2.12. The summed E-state index contributed by atoms with van der Waals surface area (Å²) in [5, 5.41) is 0. The van der Waals surface area contributed by atoms with E-state index in [2.05, 4.69) is 4.98 Å². The Balaban J connectivity index is 2.02. The first-order valence-electron chi connectivity index (χ1n) is 7.76. The van der Waals surface area contributed by atoms with E-state index in [1.54, 1.807) is 31.2 Å². The molecule has 0 spiro atoms. The first-order chi connectivity index (χ1) is 11.5. The fourth-order valence-electron chi connectivity index (χ4n) is 2.66. The van der Waals surface area contributed by atoms with Gasteiger partial charge in [0.2, 0.25) is 0 Å². The summed E-state index contributed by atoms with van der Waals surface area (Å²) in [4.78, 5) is 14.6. The van der Waals surface area contributed by atoms with Crippen LogP contribution in [0, 0.1) is 11.6 Å². The highest BCUT2D eigenvalue weighted by Crippen LogP contribution is 2.30. The number of carbonyl (C=O) groups excluding carboxylic acids is 1. The molecule has 122 valence electrons. The van der Waals surface area contributed by atoms with Gasteiger partial charge >= 0.3 is 0 Å². The first kappa shape index (κ1) is 16.1. The van der Waals surface area contributed by atoms with Gasteiger partial charge in [0.05, 0.1) is 0 Å². The number of aromatic amines is 1. The monoisotopic (exact) mass is 325 g/mol. The second-order valence-corrected chi connectivity index (χ2v) is 5.80. The minimum absolute atomic E-state index is 0.115. The number of hydrogen-bond acceptors (Lipinski definition) is 1. The van der Waals surface area contributed by atoms with Crippen molar-refractivity contribution in [2.24, 2.45) is 0 Å². The van der Waals surface area contributed by atoms with Gasteiger partial charge in [-0.05, 0) is 84.6 Å². The van der Waals surface area contributed by atoms with Gasteiger partial charge in [0.25, 0.3) is 0 Å². The minimum Gasteiger partial charge on any atom is -0.354 e. The van der Waals surface area contributed by atoms with Crippen LogP contribution in [0.15, 0.2) is 54.6 Å². The Morgan fingerprint density at radius 1 is 0.917 bits per heavy atom. The van der Waals surface area contributed by atoms with Gasteiger partial charge in [-0.3, -0.25) is 0 Å². The smallest absolute Gasteiger partial charge is 0.130 e. The quantitative estimate of drug-likeness (QED) is 0.691. The Morgan fingerprint density at radius 3 is 2.00 bits per heavy atom. The molecule has 3 aromatic rings. The van der Waals surface area contributed by atoms with Crippen LogP contribution in [0.1, 0.15) is 18.9 Å². The Kier molecular flexibility index (Phi) is 4.56. The van der Waals surface area contributed by atoms with E-state index in [1.165, 1.54) is 24.3 Å². The van der Waals surface area contributed by atoms with Crippen molar-refractivity contribution in [2.75, 3.05) is 0 Å². The molecule has 2 nitrogen and oxygen atoms in total. The zero-order valence-corrected chi connectivity index (χ0v) is 13.3. The van der Waals surface area contributed by atoms with Crippen LogP contribution in [0.25, 0.3) is 22.5 Å². The number of ketones is 1. The van der Waals surface area contributed by atoms with E-state index in [9.17, 15) is 13.6 Å². The maximum atomic E-state index is 13.2. The molecule has 0 saturated heterocycles. The van der Waals surface area contributed by atoms with Gasteiger partial charge in [-0.15, -0.1) is 0 Å². The lowest BCUT2D eigenvalue weighted by molar-refractivity contribution is -0.116. The maximum Gasteiger partial charge on any atom is 0.130 e. The molecular formula is C20H17F2NO. The molecule has 0 unspecified atom stereocenters. The number of Topliss-reactive ketones (excluding diaryl/α,β-unsaturated/α-hetero) is 1. The number of hydrogen-bond donors (Lipinski definition) is 1. The average Bonchev–Trinajstić information content (AvgIpc) is 2.98. The standard InChI is InChI=1S/C20H17F2NO/c1-13(24)2-3-16-12-19(14-4-8-17(21)9-5-14)23-20(16)15-6-10-18(22)11-7-15/h4-12,23H,2-3H2,1H3. The van der Waals surface area contributed by atoms with Crippen LogP contribution in [0.2, 0.25) is 0 Å². The molecule has 0 aliphatic rings. The number of aryl methyl sites for hydroxylation is 1. The topological polar surface area (TPSA) is 32.9 Å². The molecule has 1 heterocycles. The van der Waals surface area contributed by atoms with E-state index >= 15 is 0 Å². The van der Waals surface area contributed by atoms with Crippen molar-refractivity contribution in [1.29, 1.82) is 0 Å². The Labute approximate surface area is 139 Å². The summed E-state index contributed by atoms with van der Waals surface area (Å²) in [6, 6.07) is 14.4. The maximum absolute atomic E-state index is 13.2. The minimum atomic E-state index is -0.297. The van der Waals surface area contributed by atoms with Crippen molar-refractivity contribution in [3.05, 3.63) is 71.8 Å². The van der Waals surface area contributed by atoms with Gasteiger partial charge in [0.15, 0.2) is 0 Å². The molecule has 0 amide bonds. The molecule has 0 radical (unpaired) electrons. The number of benzene rings is 2. The lowest BCUT2D eigenvalue weighted by Gasteiger charge is -2.03. The Hall–Kier alpha value is -2.75. The van der Waals surface area contributed by atoms with E-state index in [1.807, 2.05) is 6.07 Å². The number of halogens is 2. The largest absolute Gasteiger partial charge is 0.354 e. The van der Waals surface area contributed by atoms with E-state index in [4.69, 9.17) is 0 Å². The summed E-state index contributed by atoms with van der Waals surface area (Å²) in [5.41, 5.74) is 4.39. The summed E-state index contributed by atoms with van der Waals surface area (Å²) < 4.78 is 26.3. The highest BCUT2D eigenvalue weighted by atomic mass is 19.1. The van der Waals surface area contributed by atoms with Crippen LogP contribution in [-0.2, 0) is 11.2 Å². The molecule has 24 heavy (non-hydrogen) atoms. The second kappa shape index (κ2) is 6.79. The van der Waals surface area contributed by atoms with E-state index in [-0.39, 0.29) is 17.4 Å². The zero-order chi connectivity index (χ0) is 17.1. The predicted octanol–water partition coefficient (Wildman–Crippen LogP) is 5.15. The van der Waals surface area contributed by atoms with Crippen LogP contribution in [-0.4, -0.2) is 10.8 Å². The van der Waals surface area contributed by atoms with Gasteiger partial charge in [-0.1, -0.05) is 0 Å². The third-order valence-electron chi connectivity index (χ3n) is 3.93. The van der Waals surface area contributed by atoms with E-state index in [0.29, 0.717) is 12.8 Å². The molecule has 0 bridgehead atoms. The SMILES string of the molecule is CC(=O)CCc1cc(-c2ccc(F)cc2)[nH]c1-c1ccc(F)cc1. The van der Waals surface area contributed by atoms with Crippen LogP contribution in [0.3, 0.4) is 0 Å². The molecule has 4 heteroatoms. The Morgan fingerprint density at radius 2 is 1.46 bits per heavy atom. The Bertz CT molecular complexity index is 848. The number of aromatic nitrogens is 1. The molecule has 0 fully saturated rings. The van der Waals surface area contributed by atoms with Crippen LogP contribution < -0.4 is 0 Å². The molecule has 1 N–H and O–H groups in total. The average molecular weight is 325 g/mol. The fraction of sp³-hybridized carbons (Fsp3) is 0.150. The molecule has 2 aromatic carbocycles. The summed E-state index contributed by atoms with van der Waals surface area (Å²) in [5.74, 6) is -0.472. The molecule has 0 atom stereocenters. The first-order valence-corrected chi connectivity index (χ1v) is 7.76. The third kappa shape index (κ3) is 3.59. The van der Waals surface area contributed by atoms with Gasteiger partial charge in [0, 0.05) is 17.8 Å². The van der Waals surface area contributed by atoms with E-state index < -0.39 is 0 Å². The van der Waals surface area contributed by atoms with Crippen LogP contribution >= 0.6 is 0 Å². The van der Waals surface area contributed by atoms with Gasteiger partial charge < -0.3 is 9.78 Å². The lowest BCUT2D eigenvalue weighted by atomic mass is 10.0. The van der Waals surface area contributed by atoms with Crippen molar-refractivity contribution in [2.45, 2.75) is 19.8 Å². The number of nitrogens with one attached hydrogen (secondary N) is 1. The van der Waals surface area contributed by atoms with Gasteiger partial charge in [-0.2, -0.15) is 0 Å². The molecule has 0 aliphatic heterocycles. The summed E-state index contributed by atoms with van der Waals surface area (Å²) in [6.45, 7) is 1.56.